The molecule has 1 amide bonds. The van der Waals surface area contributed by atoms with Crippen molar-refractivity contribution in [2.24, 2.45) is 0 Å². The van der Waals surface area contributed by atoms with Crippen molar-refractivity contribution < 1.29 is 32.9 Å². The van der Waals surface area contributed by atoms with Gasteiger partial charge in [0.25, 0.3) is 7.82 Å². The third kappa shape index (κ3) is 39.0. The summed E-state index contributed by atoms with van der Waals surface area (Å²) in [7, 11) is 1.25. The third-order valence-electron chi connectivity index (χ3n) is 9.91. The first-order valence-corrected chi connectivity index (χ1v) is 23.7. The van der Waals surface area contributed by atoms with Gasteiger partial charge in [-0.05, 0) is 32.1 Å². The van der Waals surface area contributed by atoms with Gasteiger partial charge in [-0.2, -0.15) is 0 Å². The van der Waals surface area contributed by atoms with E-state index in [0.29, 0.717) is 17.4 Å². The second-order valence-corrected chi connectivity index (χ2v) is 17.8. The average Bonchev–Trinajstić information content (AvgIpc) is 3.10. The topological polar surface area (TPSA) is 108 Å². The van der Waals surface area contributed by atoms with Gasteiger partial charge in [-0.3, -0.25) is 9.36 Å². The number of allylic oxidation sites excluding steroid dienone is 3. The summed E-state index contributed by atoms with van der Waals surface area (Å²) in [6.07, 6.45) is 42.6. The van der Waals surface area contributed by atoms with Crippen LogP contribution < -0.4 is 10.2 Å². The number of amides is 1. The molecule has 0 radical (unpaired) electrons. The Kier molecular flexibility index (Phi) is 35.9. The molecule has 0 bridgehead atoms. The minimum atomic E-state index is -4.58. The number of phosphoric acid groups is 1. The van der Waals surface area contributed by atoms with E-state index in [-0.39, 0.29) is 12.5 Å². The van der Waals surface area contributed by atoms with E-state index < -0.39 is 26.6 Å². The fourth-order valence-electron chi connectivity index (χ4n) is 6.34. The fraction of sp³-hybridized carbons (Fsp3) is 0.886. The number of hydrogen-bond acceptors (Lipinski definition) is 6. The number of quaternary nitrogens is 1. The zero-order chi connectivity index (χ0) is 39.3. The predicted molar refractivity (Wildman–Crippen MR) is 224 cm³/mol. The maximum absolute atomic E-state index is 12.7. The van der Waals surface area contributed by atoms with Gasteiger partial charge >= 0.3 is 0 Å². The van der Waals surface area contributed by atoms with Crippen LogP contribution in [0.5, 0.6) is 0 Å². The molecule has 3 unspecified atom stereocenters. The molecule has 0 saturated heterocycles. The number of nitrogens with zero attached hydrogens (tertiary/aromatic N) is 1. The number of nitrogens with one attached hydrogen (secondary N) is 1. The Morgan fingerprint density at radius 1 is 0.642 bits per heavy atom. The smallest absolute Gasteiger partial charge is 0.268 e. The van der Waals surface area contributed by atoms with Crippen LogP contribution in [0.4, 0.5) is 0 Å². The largest absolute Gasteiger partial charge is 0.756 e. The molecule has 3 atom stereocenters. The van der Waals surface area contributed by atoms with Crippen LogP contribution in [0.3, 0.4) is 0 Å². The summed E-state index contributed by atoms with van der Waals surface area (Å²) < 4.78 is 23.1. The number of aliphatic hydroxyl groups is 1. The lowest BCUT2D eigenvalue weighted by Gasteiger charge is -2.29. The van der Waals surface area contributed by atoms with Crippen molar-refractivity contribution in [3.63, 3.8) is 0 Å². The van der Waals surface area contributed by atoms with E-state index in [1.165, 1.54) is 141 Å². The molecule has 0 aromatic heterocycles. The second kappa shape index (κ2) is 36.6. The molecule has 314 valence electrons. The van der Waals surface area contributed by atoms with Crippen LogP contribution in [0.2, 0.25) is 0 Å². The van der Waals surface area contributed by atoms with Crippen LogP contribution in [0.15, 0.2) is 24.3 Å². The number of carbonyl (C=O) groups excluding carboxylic acids is 1. The van der Waals surface area contributed by atoms with E-state index in [1.54, 1.807) is 6.08 Å². The summed E-state index contributed by atoms with van der Waals surface area (Å²) in [5.41, 5.74) is 0. The third-order valence-corrected chi connectivity index (χ3v) is 10.9. The van der Waals surface area contributed by atoms with Crippen LogP contribution in [0.1, 0.15) is 200 Å². The van der Waals surface area contributed by atoms with E-state index in [4.69, 9.17) is 9.05 Å². The number of carbonyl (C=O) groups is 1. The molecule has 9 heteroatoms. The number of likely N-dealkylation sites (N-methyl/N-ethyl adjacent to an activating group) is 1. The highest BCUT2D eigenvalue weighted by Gasteiger charge is 2.23. The summed E-state index contributed by atoms with van der Waals surface area (Å²) in [5.74, 6) is -0.214. The van der Waals surface area contributed by atoms with E-state index in [1.807, 2.05) is 27.2 Å². The SMILES string of the molecule is CCCCCCCCCCCCCCCCCCCC/C=C/CC/C=C/C(O)C(COP(=O)([O-])OCC[N+](C)(C)C)NC(=O)CCCCCCCCC. The van der Waals surface area contributed by atoms with Gasteiger partial charge in [0.1, 0.15) is 13.2 Å². The molecular weight excluding hydrogens is 683 g/mol. The molecule has 0 rings (SSSR count). The molecule has 0 fully saturated rings. The first kappa shape index (κ1) is 52.0. The fourth-order valence-corrected chi connectivity index (χ4v) is 7.07. The quantitative estimate of drug-likeness (QED) is 0.0278. The number of hydrogen-bond donors (Lipinski definition) is 2. The number of unbranched alkanes of at least 4 members (excludes halogenated alkanes) is 25. The lowest BCUT2D eigenvalue weighted by atomic mass is 10.0. The van der Waals surface area contributed by atoms with Gasteiger partial charge in [-0.25, -0.2) is 0 Å². The zero-order valence-corrected chi connectivity index (χ0v) is 36.4. The summed E-state index contributed by atoms with van der Waals surface area (Å²) in [5, 5.41) is 13.7. The monoisotopic (exact) mass is 771 g/mol. The Morgan fingerprint density at radius 3 is 1.53 bits per heavy atom. The molecule has 0 aliphatic heterocycles. The molecule has 2 N–H and O–H groups in total. The maximum atomic E-state index is 12.7. The molecule has 0 spiro atoms. The summed E-state index contributed by atoms with van der Waals surface area (Å²) >= 11 is 0. The number of aliphatic hydroxyl groups excluding tert-OH is 1. The molecule has 0 heterocycles. The van der Waals surface area contributed by atoms with E-state index in [9.17, 15) is 19.4 Å². The molecule has 0 aliphatic carbocycles. The number of rotatable bonds is 40. The van der Waals surface area contributed by atoms with Crippen LogP contribution >= 0.6 is 7.82 Å². The molecular formula is C44H87N2O6P. The Morgan fingerprint density at radius 2 is 1.06 bits per heavy atom. The summed E-state index contributed by atoms with van der Waals surface area (Å²) in [6.45, 7) is 4.58. The maximum Gasteiger partial charge on any atom is 0.268 e. The lowest BCUT2D eigenvalue weighted by Crippen LogP contribution is -2.45. The average molecular weight is 771 g/mol. The predicted octanol–water partition coefficient (Wildman–Crippen LogP) is 11.5. The van der Waals surface area contributed by atoms with Gasteiger partial charge < -0.3 is 28.8 Å². The molecule has 0 aromatic rings. The van der Waals surface area contributed by atoms with E-state index in [0.717, 1.165) is 38.5 Å². The van der Waals surface area contributed by atoms with Crippen molar-refractivity contribution in [1.82, 2.24) is 5.32 Å². The van der Waals surface area contributed by atoms with Crippen molar-refractivity contribution in [2.45, 2.75) is 212 Å². The Labute approximate surface area is 328 Å². The first-order valence-electron chi connectivity index (χ1n) is 22.2. The molecule has 0 aliphatic rings. The van der Waals surface area contributed by atoms with Crippen molar-refractivity contribution in [3.05, 3.63) is 24.3 Å². The molecule has 53 heavy (non-hydrogen) atoms. The normalized spacial score (nSPS) is 14.6. The molecule has 8 nitrogen and oxygen atoms in total. The highest BCUT2D eigenvalue weighted by molar-refractivity contribution is 7.45. The van der Waals surface area contributed by atoms with Gasteiger partial charge in [-0.1, -0.05) is 186 Å². The van der Waals surface area contributed by atoms with Gasteiger partial charge in [0.15, 0.2) is 0 Å². The van der Waals surface area contributed by atoms with E-state index in [2.05, 4.69) is 31.3 Å². The summed E-state index contributed by atoms with van der Waals surface area (Å²) in [6, 6.07) is -0.896. The van der Waals surface area contributed by atoms with Crippen molar-refractivity contribution >= 4 is 13.7 Å². The van der Waals surface area contributed by atoms with Crippen LogP contribution in [0, 0.1) is 0 Å². The Balaban J connectivity index is 4.23. The van der Waals surface area contributed by atoms with Gasteiger partial charge in [0.05, 0.1) is 39.9 Å². The highest BCUT2D eigenvalue weighted by Crippen LogP contribution is 2.38. The minimum Gasteiger partial charge on any atom is -0.756 e. The van der Waals surface area contributed by atoms with Gasteiger partial charge in [0, 0.05) is 6.42 Å². The van der Waals surface area contributed by atoms with Crippen molar-refractivity contribution in [1.29, 1.82) is 0 Å². The standard InChI is InChI=1S/C44H87N2O6P/c1-6-8-10-12-14-15-16-17-18-19-20-21-22-23-24-25-26-27-28-29-30-32-33-35-37-43(47)42(41-52-53(49,50)51-40-39-46(3,4)5)45-44(48)38-36-34-31-13-11-9-7-2/h29-30,35,37,42-43,47H,6-28,31-34,36,38-41H2,1-5H3,(H-,45,48,49,50)/b30-29+,37-35+. The highest BCUT2D eigenvalue weighted by atomic mass is 31.2. The van der Waals surface area contributed by atoms with Crippen molar-refractivity contribution in [2.75, 3.05) is 40.9 Å². The first-order chi connectivity index (χ1) is 25.5. The lowest BCUT2D eigenvalue weighted by molar-refractivity contribution is -0.870. The van der Waals surface area contributed by atoms with Gasteiger partial charge in [0.2, 0.25) is 5.91 Å². The van der Waals surface area contributed by atoms with Crippen LogP contribution in [-0.4, -0.2) is 68.5 Å². The molecule has 0 aromatic carbocycles. The summed E-state index contributed by atoms with van der Waals surface area (Å²) in [4.78, 5) is 25.1. The number of phosphoric ester groups is 1. The van der Waals surface area contributed by atoms with Crippen LogP contribution in [0.25, 0.3) is 0 Å². The van der Waals surface area contributed by atoms with Gasteiger partial charge in [-0.15, -0.1) is 0 Å². The van der Waals surface area contributed by atoms with Crippen LogP contribution in [-0.2, 0) is 18.4 Å². The molecule has 0 saturated carbocycles. The Hall–Kier alpha value is -1.02. The zero-order valence-electron chi connectivity index (χ0n) is 35.5. The van der Waals surface area contributed by atoms with Crippen molar-refractivity contribution in [3.8, 4) is 0 Å². The minimum absolute atomic E-state index is 0.00489. The second-order valence-electron chi connectivity index (χ2n) is 16.4. The Bertz CT molecular complexity index is 922. The van der Waals surface area contributed by atoms with E-state index >= 15 is 0 Å².